The second-order valence-corrected chi connectivity index (χ2v) is 8.19. The molecule has 1 amide bonds. The molecule has 2 aromatic carbocycles. The molecular formula is C18H20N4O3S. The van der Waals surface area contributed by atoms with E-state index in [0.717, 1.165) is 11.0 Å². The third-order valence-corrected chi connectivity index (χ3v) is 6.19. The van der Waals surface area contributed by atoms with Gasteiger partial charge in [0.2, 0.25) is 16.0 Å². The van der Waals surface area contributed by atoms with E-state index in [9.17, 15) is 13.2 Å². The van der Waals surface area contributed by atoms with Gasteiger partial charge in [0.05, 0.1) is 15.9 Å². The van der Waals surface area contributed by atoms with Crippen molar-refractivity contribution in [2.75, 3.05) is 12.4 Å². The summed E-state index contributed by atoms with van der Waals surface area (Å²) < 4.78 is 26.2. The number of aromatic nitrogens is 2. The van der Waals surface area contributed by atoms with Gasteiger partial charge < -0.3 is 4.98 Å². The van der Waals surface area contributed by atoms with E-state index in [1.807, 2.05) is 24.3 Å². The monoisotopic (exact) mass is 372 g/mol. The molecule has 3 rings (SSSR count). The molecule has 0 fully saturated rings. The van der Waals surface area contributed by atoms with Gasteiger partial charge in [-0.25, -0.2) is 13.4 Å². The number of rotatable bonds is 5. The highest BCUT2D eigenvalue weighted by Gasteiger charge is 2.23. The van der Waals surface area contributed by atoms with E-state index < -0.39 is 10.0 Å². The van der Waals surface area contributed by atoms with Crippen LogP contribution in [0.3, 0.4) is 0 Å². The van der Waals surface area contributed by atoms with Crippen LogP contribution in [0.4, 0.5) is 5.95 Å². The maximum Gasteiger partial charge on any atom is 0.257 e. The highest BCUT2D eigenvalue weighted by atomic mass is 32.2. The molecule has 0 aliphatic carbocycles. The minimum absolute atomic E-state index is 0.147. The quantitative estimate of drug-likeness (QED) is 0.720. The van der Waals surface area contributed by atoms with Crippen LogP contribution in [-0.2, 0) is 10.0 Å². The molecule has 1 heterocycles. The molecular weight excluding hydrogens is 352 g/mol. The van der Waals surface area contributed by atoms with Crippen molar-refractivity contribution in [3.63, 3.8) is 0 Å². The zero-order valence-corrected chi connectivity index (χ0v) is 15.5. The van der Waals surface area contributed by atoms with Gasteiger partial charge in [-0.1, -0.05) is 12.1 Å². The molecule has 0 atom stereocenters. The lowest BCUT2D eigenvalue weighted by molar-refractivity contribution is 0.102. The number of amides is 1. The summed E-state index contributed by atoms with van der Waals surface area (Å²) in [7, 11) is -2.04. The number of hydrogen-bond donors (Lipinski definition) is 2. The standard InChI is InChI=1S/C18H20N4O3S/c1-12(2)22(3)26(24,25)14-10-8-13(9-11-14)17(23)21-18-19-15-6-4-5-7-16(15)20-18/h4-12H,1-3H3,(H2,19,20,21,23). The first-order chi connectivity index (χ1) is 12.3. The second kappa shape index (κ2) is 6.89. The minimum Gasteiger partial charge on any atom is -0.324 e. The molecule has 8 heteroatoms. The van der Waals surface area contributed by atoms with Crippen LogP contribution in [0.5, 0.6) is 0 Å². The predicted molar refractivity (Wildman–Crippen MR) is 101 cm³/mol. The lowest BCUT2D eigenvalue weighted by Gasteiger charge is -2.20. The van der Waals surface area contributed by atoms with E-state index in [-0.39, 0.29) is 16.8 Å². The van der Waals surface area contributed by atoms with Crippen LogP contribution in [0, 0.1) is 0 Å². The average molecular weight is 372 g/mol. The van der Waals surface area contributed by atoms with E-state index in [2.05, 4.69) is 15.3 Å². The highest BCUT2D eigenvalue weighted by molar-refractivity contribution is 7.89. The third kappa shape index (κ3) is 3.47. The normalized spacial score (nSPS) is 12.0. The largest absolute Gasteiger partial charge is 0.324 e. The van der Waals surface area contributed by atoms with Crippen LogP contribution >= 0.6 is 0 Å². The van der Waals surface area contributed by atoms with Gasteiger partial charge in [0.25, 0.3) is 5.91 Å². The highest BCUT2D eigenvalue weighted by Crippen LogP contribution is 2.18. The second-order valence-electron chi connectivity index (χ2n) is 6.20. The molecule has 0 spiro atoms. The summed E-state index contributed by atoms with van der Waals surface area (Å²) in [6.07, 6.45) is 0. The van der Waals surface area contributed by atoms with Gasteiger partial charge in [-0.3, -0.25) is 10.1 Å². The number of aromatic amines is 1. The summed E-state index contributed by atoms with van der Waals surface area (Å²) in [4.78, 5) is 19.8. The smallest absolute Gasteiger partial charge is 0.257 e. The zero-order valence-electron chi connectivity index (χ0n) is 14.7. The number of para-hydroxylation sites is 2. The Kier molecular flexibility index (Phi) is 4.80. The van der Waals surface area contributed by atoms with Gasteiger partial charge in [-0.2, -0.15) is 4.31 Å². The number of carbonyl (C=O) groups excluding carboxylic acids is 1. The third-order valence-electron chi connectivity index (χ3n) is 4.14. The molecule has 26 heavy (non-hydrogen) atoms. The van der Waals surface area contributed by atoms with E-state index in [1.54, 1.807) is 13.8 Å². The van der Waals surface area contributed by atoms with E-state index in [4.69, 9.17) is 0 Å². The minimum atomic E-state index is -3.57. The first-order valence-electron chi connectivity index (χ1n) is 8.13. The Morgan fingerprint density at radius 2 is 1.77 bits per heavy atom. The maximum absolute atomic E-state index is 12.5. The van der Waals surface area contributed by atoms with Gasteiger partial charge in [0.15, 0.2) is 0 Å². The molecule has 0 saturated carbocycles. The van der Waals surface area contributed by atoms with Gasteiger partial charge in [0.1, 0.15) is 0 Å². The van der Waals surface area contributed by atoms with Gasteiger partial charge >= 0.3 is 0 Å². The van der Waals surface area contributed by atoms with E-state index >= 15 is 0 Å². The molecule has 0 radical (unpaired) electrons. The van der Waals surface area contributed by atoms with Crippen LogP contribution < -0.4 is 5.32 Å². The summed E-state index contributed by atoms with van der Waals surface area (Å²) in [5.41, 5.74) is 1.92. The molecule has 7 nitrogen and oxygen atoms in total. The van der Waals surface area contributed by atoms with Crippen LogP contribution in [0.15, 0.2) is 53.4 Å². The number of nitrogens with one attached hydrogen (secondary N) is 2. The zero-order chi connectivity index (χ0) is 18.9. The Balaban J connectivity index is 1.78. The fourth-order valence-corrected chi connectivity index (χ4v) is 3.78. The fourth-order valence-electron chi connectivity index (χ4n) is 2.41. The first kappa shape index (κ1) is 18.1. The van der Waals surface area contributed by atoms with Crippen molar-refractivity contribution in [1.82, 2.24) is 14.3 Å². The molecule has 0 bridgehead atoms. The Bertz CT molecular complexity index is 1010. The molecule has 3 aromatic rings. The number of benzene rings is 2. The van der Waals surface area contributed by atoms with Gasteiger partial charge in [0, 0.05) is 18.7 Å². The number of fused-ring (bicyclic) bond motifs is 1. The lowest BCUT2D eigenvalue weighted by atomic mass is 10.2. The van der Waals surface area contributed by atoms with Crippen molar-refractivity contribution in [3.05, 3.63) is 54.1 Å². The molecule has 136 valence electrons. The summed E-state index contributed by atoms with van der Waals surface area (Å²) in [5.74, 6) is -0.0299. The SMILES string of the molecule is CC(C)N(C)S(=O)(=O)c1ccc(C(=O)Nc2nc3ccccc3[nH]2)cc1. The number of sulfonamides is 1. The lowest BCUT2D eigenvalue weighted by Crippen LogP contribution is -2.33. The number of nitrogens with zero attached hydrogens (tertiary/aromatic N) is 2. The molecule has 0 aliphatic heterocycles. The molecule has 0 saturated heterocycles. The Labute approximate surface area is 152 Å². The van der Waals surface area contributed by atoms with Crippen LogP contribution in [0.2, 0.25) is 0 Å². The van der Waals surface area contributed by atoms with Crippen molar-refractivity contribution in [2.45, 2.75) is 24.8 Å². The van der Waals surface area contributed by atoms with Crippen LogP contribution in [0.1, 0.15) is 24.2 Å². The van der Waals surface area contributed by atoms with Crippen molar-refractivity contribution in [3.8, 4) is 0 Å². The van der Waals surface area contributed by atoms with Crippen molar-refractivity contribution in [2.24, 2.45) is 0 Å². The summed E-state index contributed by atoms with van der Waals surface area (Å²) in [6, 6.07) is 13.1. The maximum atomic E-state index is 12.5. The molecule has 1 aromatic heterocycles. The average Bonchev–Trinajstić information content (AvgIpc) is 3.03. The molecule has 0 aliphatic rings. The Hall–Kier alpha value is -2.71. The number of anilines is 1. The topological polar surface area (TPSA) is 95.2 Å². The van der Waals surface area contributed by atoms with Crippen molar-refractivity contribution >= 4 is 32.9 Å². The number of H-pyrrole nitrogens is 1. The van der Waals surface area contributed by atoms with Crippen molar-refractivity contribution < 1.29 is 13.2 Å². The Morgan fingerprint density at radius 3 is 2.38 bits per heavy atom. The number of carbonyl (C=O) groups is 1. The first-order valence-corrected chi connectivity index (χ1v) is 9.57. The van der Waals surface area contributed by atoms with Crippen molar-refractivity contribution in [1.29, 1.82) is 0 Å². The number of imidazole rings is 1. The van der Waals surface area contributed by atoms with Crippen LogP contribution in [0.25, 0.3) is 11.0 Å². The fraction of sp³-hybridized carbons (Fsp3) is 0.222. The van der Waals surface area contributed by atoms with E-state index in [0.29, 0.717) is 11.5 Å². The molecule has 0 unspecified atom stereocenters. The summed E-state index contributed by atoms with van der Waals surface area (Å²) in [5, 5.41) is 2.68. The summed E-state index contributed by atoms with van der Waals surface area (Å²) in [6.45, 7) is 3.60. The van der Waals surface area contributed by atoms with Gasteiger partial charge in [-0.05, 0) is 50.2 Å². The van der Waals surface area contributed by atoms with E-state index in [1.165, 1.54) is 35.6 Å². The van der Waals surface area contributed by atoms with Gasteiger partial charge in [-0.15, -0.1) is 0 Å². The summed E-state index contributed by atoms with van der Waals surface area (Å²) >= 11 is 0. The van der Waals surface area contributed by atoms with Crippen LogP contribution in [-0.4, -0.2) is 41.7 Å². The number of hydrogen-bond acceptors (Lipinski definition) is 4. The Morgan fingerprint density at radius 1 is 1.12 bits per heavy atom. The molecule has 2 N–H and O–H groups in total. The predicted octanol–water partition coefficient (Wildman–Crippen LogP) is 2.84.